The van der Waals surface area contributed by atoms with Gasteiger partial charge in [0.05, 0.1) is 11.0 Å². The zero-order valence-electron chi connectivity index (χ0n) is 15.1. The fourth-order valence-electron chi connectivity index (χ4n) is 2.53. The molecule has 0 saturated carbocycles. The van der Waals surface area contributed by atoms with Gasteiger partial charge in [-0.3, -0.25) is 19.8 Å². The van der Waals surface area contributed by atoms with Crippen LogP contribution in [0.1, 0.15) is 18.1 Å². The lowest BCUT2D eigenvalue weighted by Gasteiger charge is -2.24. The van der Waals surface area contributed by atoms with Crippen LogP contribution in [0.15, 0.2) is 42.5 Å². The van der Waals surface area contributed by atoms with Gasteiger partial charge in [-0.05, 0) is 49.7 Å². The van der Waals surface area contributed by atoms with Crippen molar-refractivity contribution in [3.8, 4) is 0 Å². The molecule has 0 bridgehead atoms. The lowest BCUT2D eigenvalue weighted by molar-refractivity contribution is -0.384. The molecule has 0 fully saturated rings. The Hall–Kier alpha value is -2.51. The molecule has 0 aliphatic heterocycles. The largest absolute Gasteiger partial charge is 0.354 e. The van der Waals surface area contributed by atoms with Crippen molar-refractivity contribution in [2.24, 2.45) is 0 Å². The predicted molar refractivity (Wildman–Crippen MR) is 102 cm³/mol. The van der Waals surface area contributed by atoms with Gasteiger partial charge >= 0.3 is 0 Å². The number of benzene rings is 2. The number of non-ortho nitro benzene ring substituents is 1. The van der Waals surface area contributed by atoms with Crippen LogP contribution in [0, 0.1) is 15.9 Å². The van der Waals surface area contributed by atoms with Gasteiger partial charge in [-0.1, -0.05) is 23.7 Å². The first-order valence-electron chi connectivity index (χ1n) is 8.43. The molecule has 8 heteroatoms. The van der Waals surface area contributed by atoms with Crippen molar-refractivity contribution in [3.63, 3.8) is 0 Å². The van der Waals surface area contributed by atoms with Crippen molar-refractivity contribution in [1.29, 1.82) is 0 Å². The minimum Gasteiger partial charge on any atom is -0.354 e. The van der Waals surface area contributed by atoms with Gasteiger partial charge in [-0.25, -0.2) is 4.39 Å². The molecule has 0 aromatic heterocycles. The Morgan fingerprint density at radius 2 is 1.96 bits per heavy atom. The molecule has 0 aliphatic rings. The summed E-state index contributed by atoms with van der Waals surface area (Å²) in [5.74, 6) is -0.459. The van der Waals surface area contributed by atoms with Gasteiger partial charge in [-0.15, -0.1) is 0 Å². The molecule has 0 aliphatic carbocycles. The first kappa shape index (κ1) is 20.8. The Morgan fingerprint density at radius 3 is 2.59 bits per heavy atom. The fourth-order valence-corrected chi connectivity index (χ4v) is 2.71. The Morgan fingerprint density at radius 1 is 1.30 bits per heavy atom. The summed E-state index contributed by atoms with van der Waals surface area (Å²) in [5, 5.41) is 14.2. The van der Waals surface area contributed by atoms with Crippen molar-refractivity contribution < 1.29 is 14.1 Å². The smallest absolute Gasteiger partial charge is 0.269 e. The molecule has 27 heavy (non-hydrogen) atoms. The monoisotopic (exact) mass is 393 g/mol. The third-order valence-electron chi connectivity index (χ3n) is 4.33. The van der Waals surface area contributed by atoms with Gasteiger partial charge in [0.1, 0.15) is 5.82 Å². The minimum atomic E-state index is -0.481. The van der Waals surface area contributed by atoms with Crippen LogP contribution in [-0.2, 0) is 17.8 Å². The summed E-state index contributed by atoms with van der Waals surface area (Å²) in [6, 6.07) is 9.93. The van der Waals surface area contributed by atoms with Crippen LogP contribution >= 0.6 is 11.6 Å². The molecule has 2 aromatic rings. The van der Waals surface area contributed by atoms with Crippen molar-refractivity contribution in [2.45, 2.75) is 25.9 Å². The Kier molecular flexibility index (Phi) is 7.27. The molecular weight excluding hydrogens is 373 g/mol. The third kappa shape index (κ3) is 6.01. The number of likely N-dealkylation sites (N-methyl/N-ethyl adjacent to an activating group) is 1. The van der Waals surface area contributed by atoms with Gasteiger partial charge in [0.2, 0.25) is 5.91 Å². The van der Waals surface area contributed by atoms with Crippen LogP contribution in [0.2, 0.25) is 5.02 Å². The highest BCUT2D eigenvalue weighted by Crippen LogP contribution is 2.23. The van der Waals surface area contributed by atoms with Gasteiger partial charge in [-0.2, -0.15) is 0 Å². The van der Waals surface area contributed by atoms with E-state index in [4.69, 9.17) is 11.6 Å². The molecule has 2 aromatic carbocycles. The van der Waals surface area contributed by atoms with Crippen LogP contribution in [0.5, 0.6) is 0 Å². The van der Waals surface area contributed by atoms with E-state index in [0.29, 0.717) is 30.1 Å². The summed E-state index contributed by atoms with van der Waals surface area (Å²) in [4.78, 5) is 24.5. The van der Waals surface area contributed by atoms with E-state index in [2.05, 4.69) is 5.32 Å². The Balaban J connectivity index is 1.89. The van der Waals surface area contributed by atoms with Crippen molar-refractivity contribution in [2.75, 3.05) is 13.6 Å². The highest BCUT2D eigenvalue weighted by Gasteiger charge is 2.19. The number of carbonyl (C=O) groups excluding carboxylic acids is 1. The number of carbonyl (C=O) groups is 1. The lowest BCUT2D eigenvalue weighted by Crippen LogP contribution is -2.43. The first-order chi connectivity index (χ1) is 12.8. The summed E-state index contributed by atoms with van der Waals surface area (Å²) in [5.41, 5.74) is 1.47. The summed E-state index contributed by atoms with van der Waals surface area (Å²) in [7, 11) is 1.75. The van der Waals surface area contributed by atoms with E-state index in [0.717, 1.165) is 5.56 Å². The van der Waals surface area contributed by atoms with Gasteiger partial charge < -0.3 is 5.32 Å². The number of amides is 1. The van der Waals surface area contributed by atoms with Crippen LogP contribution in [-0.4, -0.2) is 35.4 Å². The topological polar surface area (TPSA) is 75.5 Å². The molecule has 1 amide bonds. The maximum absolute atomic E-state index is 12.9. The lowest BCUT2D eigenvalue weighted by atomic mass is 10.1. The normalized spacial score (nSPS) is 12.0. The quantitative estimate of drug-likeness (QED) is 0.549. The molecule has 0 radical (unpaired) electrons. The number of nitro groups is 1. The molecule has 1 N–H and O–H groups in total. The predicted octanol–water partition coefficient (Wildman–Crippen LogP) is 3.57. The van der Waals surface area contributed by atoms with Crippen LogP contribution in [0.4, 0.5) is 10.1 Å². The highest BCUT2D eigenvalue weighted by atomic mass is 35.5. The van der Waals surface area contributed by atoms with E-state index >= 15 is 0 Å². The fraction of sp³-hybridized carbons (Fsp3) is 0.316. The van der Waals surface area contributed by atoms with Gasteiger partial charge in [0.25, 0.3) is 5.69 Å². The first-order valence-corrected chi connectivity index (χ1v) is 8.81. The molecule has 144 valence electrons. The van der Waals surface area contributed by atoms with E-state index in [1.165, 1.54) is 30.3 Å². The van der Waals surface area contributed by atoms with E-state index < -0.39 is 11.0 Å². The van der Waals surface area contributed by atoms with Crippen LogP contribution in [0.3, 0.4) is 0 Å². The average molecular weight is 394 g/mol. The number of nitro benzene ring substituents is 1. The number of rotatable bonds is 8. The maximum atomic E-state index is 12.9. The Bertz CT molecular complexity index is 814. The standard InChI is InChI=1S/C19H21ClFN3O3/c1-13(19(25)22-10-9-14-3-5-16(21)6-4-14)23(2)12-15-11-17(24(26)27)7-8-18(15)20/h3-8,11,13H,9-10,12H2,1-2H3,(H,22,25). The molecule has 0 saturated heterocycles. The van der Waals surface area contributed by atoms with E-state index in [9.17, 15) is 19.3 Å². The molecular formula is C19H21ClFN3O3. The zero-order chi connectivity index (χ0) is 20.0. The number of hydrogen-bond acceptors (Lipinski definition) is 4. The molecule has 1 unspecified atom stereocenters. The molecule has 0 spiro atoms. The summed E-state index contributed by atoms with van der Waals surface area (Å²) < 4.78 is 12.9. The Labute approximate surface area is 162 Å². The summed E-state index contributed by atoms with van der Waals surface area (Å²) in [6.45, 7) is 2.48. The summed E-state index contributed by atoms with van der Waals surface area (Å²) >= 11 is 6.12. The van der Waals surface area contributed by atoms with E-state index in [1.54, 1.807) is 31.0 Å². The average Bonchev–Trinajstić information content (AvgIpc) is 2.64. The van der Waals surface area contributed by atoms with Crippen molar-refractivity contribution in [3.05, 3.63) is 74.5 Å². The van der Waals surface area contributed by atoms with Gasteiger partial charge in [0, 0.05) is 30.2 Å². The SMILES string of the molecule is CC(C(=O)NCCc1ccc(F)cc1)N(C)Cc1cc([N+](=O)[O-])ccc1Cl. The second-order valence-corrected chi connectivity index (χ2v) is 6.70. The van der Waals surface area contributed by atoms with Gasteiger partial charge in [0.15, 0.2) is 0 Å². The highest BCUT2D eigenvalue weighted by molar-refractivity contribution is 6.31. The second-order valence-electron chi connectivity index (χ2n) is 6.29. The minimum absolute atomic E-state index is 0.0424. The van der Waals surface area contributed by atoms with Crippen molar-refractivity contribution in [1.82, 2.24) is 10.2 Å². The third-order valence-corrected chi connectivity index (χ3v) is 4.70. The van der Waals surface area contributed by atoms with E-state index in [1.807, 2.05) is 0 Å². The second kappa shape index (κ2) is 9.43. The number of nitrogens with one attached hydrogen (secondary N) is 1. The summed E-state index contributed by atoms with van der Waals surface area (Å²) in [6.07, 6.45) is 0.596. The van der Waals surface area contributed by atoms with Crippen molar-refractivity contribution >= 4 is 23.2 Å². The number of halogens is 2. The maximum Gasteiger partial charge on any atom is 0.269 e. The number of hydrogen-bond donors (Lipinski definition) is 1. The molecule has 1 atom stereocenters. The number of nitrogens with zero attached hydrogens (tertiary/aromatic N) is 2. The molecule has 2 rings (SSSR count). The molecule has 6 nitrogen and oxygen atoms in total. The zero-order valence-corrected chi connectivity index (χ0v) is 15.9. The van der Waals surface area contributed by atoms with E-state index in [-0.39, 0.29) is 17.4 Å². The van der Waals surface area contributed by atoms with Crippen LogP contribution < -0.4 is 5.32 Å². The van der Waals surface area contributed by atoms with Crippen LogP contribution in [0.25, 0.3) is 0 Å². The molecule has 0 heterocycles.